The van der Waals surface area contributed by atoms with E-state index in [1.807, 2.05) is 26.1 Å². The van der Waals surface area contributed by atoms with Gasteiger partial charge in [-0.2, -0.15) is 4.98 Å². The summed E-state index contributed by atoms with van der Waals surface area (Å²) in [5, 5.41) is 21.1. The van der Waals surface area contributed by atoms with Gasteiger partial charge in [-0.1, -0.05) is 5.21 Å². The van der Waals surface area contributed by atoms with Gasteiger partial charge in [0, 0.05) is 33.0 Å². The van der Waals surface area contributed by atoms with Gasteiger partial charge >= 0.3 is 5.97 Å². The highest BCUT2D eigenvalue weighted by molar-refractivity contribution is 5.70. The Bertz CT molecular complexity index is 1220. The number of carboxylic acid groups (broad SMARTS) is 1. The van der Waals surface area contributed by atoms with Gasteiger partial charge in [0.15, 0.2) is 0 Å². The van der Waals surface area contributed by atoms with Crippen LogP contribution in [-0.2, 0) is 23.1 Å². The van der Waals surface area contributed by atoms with Crippen LogP contribution in [0.15, 0.2) is 24.4 Å². The smallest absolute Gasteiger partial charge is 0.306 e. The Hall–Kier alpha value is -3.80. The standard InChI is InChI=1S/C26H35N7O5/c1-17-22(38-19-8-6-7-18(15-19)25(34)35)10-9-20(29-17)24-21(33(2)32-31-24)16-28-26-27-12-11-23(30-26)37-14-5-4-13-36-3/h9-12,18-19H,4-8,13-16H2,1-3H3,(H,34,35)(H,27,28,30)/t18-,19-/m0/s1. The van der Waals surface area contributed by atoms with Gasteiger partial charge in [0.1, 0.15) is 11.4 Å². The number of ether oxygens (including phenoxy) is 3. The number of rotatable bonds is 13. The van der Waals surface area contributed by atoms with Crippen molar-refractivity contribution >= 4 is 11.9 Å². The van der Waals surface area contributed by atoms with E-state index in [9.17, 15) is 9.90 Å². The minimum atomic E-state index is -0.755. The zero-order valence-corrected chi connectivity index (χ0v) is 22.1. The number of pyridine rings is 1. The summed E-state index contributed by atoms with van der Waals surface area (Å²) in [5.41, 5.74) is 2.84. The minimum Gasteiger partial charge on any atom is -0.489 e. The number of hydrogen-bond donors (Lipinski definition) is 2. The van der Waals surface area contributed by atoms with Crippen molar-refractivity contribution in [3.8, 4) is 23.0 Å². The van der Waals surface area contributed by atoms with Gasteiger partial charge in [0.2, 0.25) is 11.8 Å². The number of unbranched alkanes of at least 4 members (excludes halogenated alkanes) is 1. The highest BCUT2D eigenvalue weighted by atomic mass is 16.5. The van der Waals surface area contributed by atoms with E-state index in [0.717, 1.165) is 31.4 Å². The third-order valence-corrected chi connectivity index (χ3v) is 6.53. The van der Waals surface area contributed by atoms with E-state index in [1.165, 1.54) is 0 Å². The Labute approximate surface area is 221 Å². The molecule has 4 rings (SSSR count). The maximum Gasteiger partial charge on any atom is 0.306 e. The Kier molecular flexibility index (Phi) is 9.41. The first kappa shape index (κ1) is 27.2. The summed E-state index contributed by atoms with van der Waals surface area (Å²) >= 11 is 0. The van der Waals surface area contributed by atoms with Crippen molar-refractivity contribution in [2.75, 3.05) is 25.6 Å². The normalized spacial score (nSPS) is 17.2. The Morgan fingerprint density at radius 3 is 2.82 bits per heavy atom. The number of aromatic nitrogens is 6. The predicted molar refractivity (Wildman–Crippen MR) is 139 cm³/mol. The molecule has 0 aliphatic heterocycles. The van der Waals surface area contributed by atoms with E-state index in [2.05, 4.69) is 25.6 Å². The van der Waals surface area contributed by atoms with Crippen molar-refractivity contribution in [3.63, 3.8) is 0 Å². The van der Waals surface area contributed by atoms with Crippen molar-refractivity contribution in [2.24, 2.45) is 13.0 Å². The third-order valence-electron chi connectivity index (χ3n) is 6.53. The molecule has 3 aromatic heterocycles. The van der Waals surface area contributed by atoms with Crippen LogP contribution in [0.2, 0.25) is 0 Å². The lowest BCUT2D eigenvalue weighted by molar-refractivity contribution is -0.143. The lowest BCUT2D eigenvalue weighted by Crippen LogP contribution is -2.29. The van der Waals surface area contributed by atoms with E-state index in [1.54, 1.807) is 24.1 Å². The molecule has 12 heteroatoms. The Morgan fingerprint density at radius 2 is 2.03 bits per heavy atom. The summed E-state index contributed by atoms with van der Waals surface area (Å²) in [6.07, 6.45) is 6.22. The summed E-state index contributed by atoms with van der Waals surface area (Å²) in [4.78, 5) is 24.8. The molecule has 0 bridgehead atoms. The minimum absolute atomic E-state index is 0.127. The molecule has 0 spiro atoms. The topological polar surface area (TPSA) is 146 Å². The van der Waals surface area contributed by atoms with E-state index < -0.39 is 5.97 Å². The molecule has 1 fully saturated rings. The predicted octanol–water partition coefficient (Wildman–Crippen LogP) is 3.42. The molecule has 1 aliphatic rings. The molecular formula is C26H35N7O5. The zero-order chi connectivity index (χ0) is 26.9. The molecule has 2 atom stereocenters. The van der Waals surface area contributed by atoms with Crippen molar-refractivity contribution in [1.29, 1.82) is 0 Å². The Balaban J connectivity index is 1.39. The fraction of sp³-hybridized carbons (Fsp3) is 0.538. The molecule has 204 valence electrons. The number of hydrogen-bond acceptors (Lipinski definition) is 10. The molecule has 0 saturated heterocycles. The second-order valence-corrected chi connectivity index (χ2v) is 9.35. The molecule has 0 amide bonds. The third kappa shape index (κ3) is 7.15. The first-order valence-corrected chi connectivity index (χ1v) is 12.9. The van der Waals surface area contributed by atoms with Crippen LogP contribution in [0, 0.1) is 12.8 Å². The van der Waals surface area contributed by atoms with Gasteiger partial charge in [-0.05, 0) is 57.6 Å². The van der Waals surface area contributed by atoms with Crippen molar-refractivity contribution < 1.29 is 24.1 Å². The lowest BCUT2D eigenvalue weighted by atomic mass is 9.87. The van der Waals surface area contributed by atoms with Crippen LogP contribution in [0.4, 0.5) is 5.95 Å². The van der Waals surface area contributed by atoms with Crippen LogP contribution >= 0.6 is 0 Å². The van der Waals surface area contributed by atoms with Gasteiger partial charge in [0.25, 0.3) is 0 Å². The number of aryl methyl sites for hydroxylation is 2. The molecular weight excluding hydrogens is 490 g/mol. The number of aliphatic carboxylic acids is 1. The number of carboxylic acids is 1. The maximum atomic E-state index is 11.4. The summed E-state index contributed by atoms with van der Waals surface area (Å²) in [6, 6.07) is 5.44. The zero-order valence-electron chi connectivity index (χ0n) is 22.1. The maximum absolute atomic E-state index is 11.4. The fourth-order valence-corrected chi connectivity index (χ4v) is 4.43. The van der Waals surface area contributed by atoms with Gasteiger partial charge in [0.05, 0.1) is 42.3 Å². The second kappa shape index (κ2) is 13.1. The average Bonchev–Trinajstić information content (AvgIpc) is 3.29. The number of anilines is 1. The molecule has 0 aromatic carbocycles. The van der Waals surface area contributed by atoms with Crippen molar-refractivity contribution in [2.45, 2.75) is 58.1 Å². The molecule has 12 nitrogen and oxygen atoms in total. The molecule has 0 unspecified atom stereocenters. The van der Waals surface area contributed by atoms with Crippen LogP contribution in [-0.4, -0.2) is 67.4 Å². The average molecular weight is 526 g/mol. The first-order chi connectivity index (χ1) is 18.4. The van der Waals surface area contributed by atoms with Gasteiger partial charge < -0.3 is 24.6 Å². The first-order valence-electron chi connectivity index (χ1n) is 12.9. The summed E-state index contributed by atoms with van der Waals surface area (Å²) < 4.78 is 18.6. The molecule has 3 aromatic rings. The number of nitrogens with zero attached hydrogens (tertiary/aromatic N) is 6. The van der Waals surface area contributed by atoms with E-state index >= 15 is 0 Å². The molecule has 1 aliphatic carbocycles. The number of nitrogens with one attached hydrogen (secondary N) is 1. The largest absolute Gasteiger partial charge is 0.489 e. The molecule has 1 saturated carbocycles. The highest BCUT2D eigenvalue weighted by Crippen LogP contribution is 2.30. The van der Waals surface area contributed by atoms with Gasteiger partial charge in [-0.15, -0.1) is 5.10 Å². The van der Waals surface area contributed by atoms with Crippen LogP contribution in [0.1, 0.15) is 49.9 Å². The summed E-state index contributed by atoms with van der Waals surface area (Å²) in [5.74, 6) is 0.485. The van der Waals surface area contributed by atoms with E-state index in [-0.39, 0.29) is 12.0 Å². The van der Waals surface area contributed by atoms with Crippen LogP contribution in [0.3, 0.4) is 0 Å². The second-order valence-electron chi connectivity index (χ2n) is 9.35. The SMILES string of the molecule is COCCCCOc1ccnc(NCc2c(-c3ccc(O[C@H]4CCC[C@H](C(=O)O)C4)c(C)n3)nnn2C)n1. The monoisotopic (exact) mass is 525 g/mol. The van der Waals surface area contributed by atoms with Gasteiger partial charge in [-0.25, -0.2) is 14.6 Å². The van der Waals surface area contributed by atoms with Gasteiger partial charge in [-0.3, -0.25) is 4.79 Å². The lowest BCUT2D eigenvalue weighted by Gasteiger charge is -2.27. The molecule has 2 N–H and O–H groups in total. The number of methoxy groups -OCH3 is 1. The number of carbonyl (C=O) groups is 1. The fourth-order valence-electron chi connectivity index (χ4n) is 4.43. The van der Waals surface area contributed by atoms with Crippen LogP contribution in [0.5, 0.6) is 11.6 Å². The molecule has 3 heterocycles. The van der Waals surface area contributed by atoms with E-state index in [0.29, 0.717) is 67.3 Å². The van der Waals surface area contributed by atoms with Crippen molar-refractivity contribution in [3.05, 3.63) is 35.8 Å². The quantitative estimate of drug-likeness (QED) is 0.316. The molecule has 38 heavy (non-hydrogen) atoms. The van der Waals surface area contributed by atoms with E-state index in [4.69, 9.17) is 19.2 Å². The summed E-state index contributed by atoms with van der Waals surface area (Å²) in [7, 11) is 3.50. The highest BCUT2D eigenvalue weighted by Gasteiger charge is 2.28. The Morgan fingerprint density at radius 1 is 1.18 bits per heavy atom. The summed E-state index contributed by atoms with van der Waals surface area (Å²) in [6.45, 7) is 3.52. The van der Waals surface area contributed by atoms with Crippen molar-refractivity contribution in [1.82, 2.24) is 29.9 Å². The van der Waals surface area contributed by atoms with Crippen LogP contribution < -0.4 is 14.8 Å². The molecule has 0 radical (unpaired) electrons. The van der Waals surface area contributed by atoms with Crippen LogP contribution in [0.25, 0.3) is 11.4 Å².